The van der Waals surface area contributed by atoms with E-state index in [0.29, 0.717) is 5.75 Å². The van der Waals surface area contributed by atoms with Crippen molar-refractivity contribution in [3.63, 3.8) is 0 Å². The molecule has 0 aliphatic heterocycles. The molecule has 3 rings (SSSR count). The second-order valence-electron chi connectivity index (χ2n) is 5.52. The van der Waals surface area contributed by atoms with Crippen LogP contribution in [0.5, 0.6) is 17.2 Å². The van der Waals surface area contributed by atoms with Gasteiger partial charge in [-0.05, 0) is 23.1 Å². The minimum Gasteiger partial charge on any atom is -0.492 e. The highest BCUT2D eigenvalue weighted by Crippen LogP contribution is 2.53. The van der Waals surface area contributed by atoms with Crippen molar-refractivity contribution in [1.29, 1.82) is 0 Å². The number of rotatable bonds is 5. The average Bonchev–Trinajstić information content (AvgIpc) is 2.93. The Balaban J connectivity index is 2.37. The average molecular weight is 298 g/mol. The number of methoxy groups -OCH3 is 3. The van der Waals surface area contributed by atoms with E-state index in [2.05, 4.69) is 31.2 Å². The third-order valence-corrected chi connectivity index (χ3v) is 4.33. The third kappa shape index (κ3) is 2.04. The van der Waals surface area contributed by atoms with Crippen LogP contribution in [0.2, 0.25) is 0 Å². The molecule has 3 nitrogen and oxygen atoms in total. The number of ether oxygens (including phenoxy) is 3. The molecular formula is C19H22O3. The second-order valence-corrected chi connectivity index (χ2v) is 5.52. The Morgan fingerprint density at radius 1 is 0.909 bits per heavy atom. The van der Waals surface area contributed by atoms with Crippen molar-refractivity contribution in [2.24, 2.45) is 0 Å². The van der Waals surface area contributed by atoms with Crippen molar-refractivity contribution < 1.29 is 14.2 Å². The van der Waals surface area contributed by atoms with E-state index < -0.39 is 0 Å². The van der Waals surface area contributed by atoms with Crippen LogP contribution in [-0.4, -0.2) is 21.3 Å². The first kappa shape index (κ1) is 14.8. The summed E-state index contributed by atoms with van der Waals surface area (Å²) in [5, 5.41) is 0. The Morgan fingerprint density at radius 3 is 2.23 bits per heavy atom. The molecule has 1 aliphatic rings. The zero-order valence-corrected chi connectivity index (χ0v) is 13.7. The lowest BCUT2D eigenvalue weighted by atomic mass is 9.94. The maximum absolute atomic E-state index is 5.70. The molecule has 0 spiro atoms. The van der Waals surface area contributed by atoms with E-state index in [0.717, 1.165) is 30.8 Å². The molecule has 0 heterocycles. The van der Waals surface area contributed by atoms with Gasteiger partial charge in [-0.2, -0.15) is 0 Å². The van der Waals surface area contributed by atoms with Crippen molar-refractivity contribution in [3.05, 3.63) is 41.0 Å². The summed E-state index contributed by atoms with van der Waals surface area (Å²) >= 11 is 0. The smallest absolute Gasteiger partial charge is 0.203 e. The van der Waals surface area contributed by atoms with Crippen LogP contribution in [0, 0.1) is 0 Å². The van der Waals surface area contributed by atoms with Crippen molar-refractivity contribution >= 4 is 0 Å². The normalized spacial score (nSPS) is 11.8. The van der Waals surface area contributed by atoms with Gasteiger partial charge < -0.3 is 14.2 Å². The summed E-state index contributed by atoms with van der Waals surface area (Å²) in [5.41, 5.74) is 6.34. The molecule has 2 aromatic rings. The Hall–Kier alpha value is -2.16. The standard InChI is InChI=1S/C19H22O3/c1-5-8-14-16-13-10-7-6-9-12(13)11-15(16)18(21-3)19(22-4)17(14)20-2/h6-7,9-10H,5,8,11H2,1-4H3. The molecular weight excluding hydrogens is 276 g/mol. The molecule has 0 bridgehead atoms. The first-order valence-corrected chi connectivity index (χ1v) is 7.68. The van der Waals surface area contributed by atoms with Crippen LogP contribution in [-0.2, 0) is 12.8 Å². The van der Waals surface area contributed by atoms with Gasteiger partial charge in [0.25, 0.3) is 0 Å². The molecule has 0 saturated heterocycles. The van der Waals surface area contributed by atoms with Crippen LogP contribution in [0.4, 0.5) is 0 Å². The van der Waals surface area contributed by atoms with Crippen molar-refractivity contribution in [3.8, 4) is 28.4 Å². The quantitative estimate of drug-likeness (QED) is 0.705. The highest BCUT2D eigenvalue weighted by atomic mass is 16.5. The molecule has 116 valence electrons. The monoisotopic (exact) mass is 298 g/mol. The van der Waals surface area contributed by atoms with E-state index >= 15 is 0 Å². The Bertz CT molecular complexity index is 704. The van der Waals surface area contributed by atoms with Crippen LogP contribution in [0.3, 0.4) is 0 Å². The molecule has 3 heteroatoms. The molecule has 0 radical (unpaired) electrons. The van der Waals surface area contributed by atoms with E-state index in [1.165, 1.54) is 27.8 Å². The molecule has 0 fully saturated rings. The maximum Gasteiger partial charge on any atom is 0.203 e. The van der Waals surface area contributed by atoms with Crippen LogP contribution < -0.4 is 14.2 Å². The summed E-state index contributed by atoms with van der Waals surface area (Å²) in [6, 6.07) is 8.55. The van der Waals surface area contributed by atoms with Gasteiger partial charge in [0.05, 0.1) is 21.3 Å². The molecule has 0 amide bonds. The molecule has 22 heavy (non-hydrogen) atoms. The third-order valence-electron chi connectivity index (χ3n) is 4.33. The molecule has 0 atom stereocenters. The largest absolute Gasteiger partial charge is 0.492 e. The van der Waals surface area contributed by atoms with Crippen molar-refractivity contribution in [1.82, 2.24) is 0 Å². The SMILES string of the molecule is CCCc1c(OC)c(OC)c(OC)c2c1-c1ccccc1C2. The van der Waals surface area contributed by atoms with Crippen molar-refractivity contribution in [2.45, 2.75) is 26.2 Å². The van der Waals surface area contributed by atoms with Crippen LogP contribution >= 0.6 is 0 Å². The Morgan fingerprint density at radius 2 is 1.59 bits per heavy atom. The Labute approximate surface area is 131 Å². The second kappa shape index (κ2) is 5.91. The van der Waals surface area contributed by atoms with Crippen molar-refractivity contribution in [2.75, 3.05) is 21.3 Å². The predicted molar refractivity (Wildman–Crippen MR) is 88.3 cm³/mol. The van der Waals surface area contributed by atoms with Gasteiger partial charge in [-0.3, -0.25) is 0 Å². The van der Waals surface area contributed by atoms with E-state index in [4.69, 9.17) is 14.2 Å². The number of fused-ring (bicyclic) bond motifs is 3. The summed E-state index contributed by atoms with van der Waals surface area (Å²) < 4.78 is 17.0. The van der Waals surface area contributed by atoms with Gasteiger partial charge in [0.2, 0.25) is 5.75 Å². The first-order chi connectivity index (χ1) is 10.8. The van der Waals surface area contributed by atoms with Gasteiger partial charge in [0, 0.05) is 17.5 Å². The van der Waals surface area contributed by atoms with Gasteiger partial charge in [-0.15, -0.1) is 0 Å². The molecule has 0 aromatic heterocycles. The zero-order valence-electron chi connectivity index (χ0n) is 13.7. The maximum atomic E-state index is 5.70. The van der Waals surface area contributed by atoms with E-state index in [1.54, 1.807) is 21.3 Å². The van der Waals surface area contributed by atoms with E-state index in [9.17, 15) is 0 Å². The summed E-state index contributed by atoms with van der Waals surface area (Å²) in [7, 11) is 5.06. The summed E-state index contributed by atoms with van der Waals surface area (Å²) in [5.74, 6) is 2.31. The fourth-order valence-corrected chi connectivity index (χ4v) is 3.49. The molecule has 0 unspecified atom stereocenters. The summed E-state index contributed by atoms with van der Waals surface area (Å²) in [6.45, 7) is 2.18. The molecule has 0 saturated carbocycles. The minimum absolute atomic E-state index is 0.708. The van der Waals surface area contributed by atoms with Gasteiger partial charge in [-0.25, -0.2) is 0 Å². The van der Waals surface area contributed by atoms with Gasteiger partial charge >= 0.3 is 0 Å². The van der Waals surface area contributed by atoms with Crippen LogP contribution in [0.25, 0.3) is 11.1 Å². The fourth-order valence-electron chi connectivity index (χ4n) is 3.49. The minimum atomic E-state index is 0.708. The van der Waals surface area contributed by atoms with Gasteiger partial charge in [0.1, 0.15) is 0 Å². The zero-order chi connectivity index (χ0) is 15.7. The van der Waals surface area contributed by atoms with Crippen LogP contribution in [0.1, 0.15) is 30.0 Å². The first-order valence-electron chi connectivity index (χ1n) is 7.68. The lowest BCUT2D eigenvalue weighted by Crippen LogP contribution is -2.03. The topological polar surface area (TPSA) is 27.7 Å². The van der Waals surface area contributed by atoms with E-state index in [-0.39, 0.29) is 0 Å². The van der Waals surface area contributed by atoms with Gasteiger partial charge in [-0.1, -0.05) is 37.6 Å². The highest BCUT2D eigenvalue weighted by Gasteiger charge is 2.31. The summed E-state index contributed by atoms with van der Waals surface area (Å²) in [6.07, 6.45) is 2.90. The lowest BCUT2D eigenvalue weighted by Gasteiger charge is -2.21. The molecule has 0 N–H and O–H groups in total. The number of hydrogen-bond donors (Lipinski definition) is 0. The Kier molecular flexibility index (Phi) is 3.97. The molecule has 1 aliphatic carbocycles. The predicted octanol–water partition coefficient (Wildman–Crippen LogP) is 4.24. The van der Waals surface area contributed by atoms with E-state index in [1.807, 2.05) is 0 Å². The lowest BCUT2D eigenvalue weighted by molar-refractivity contribution is 0.321. The van der Waals surface area contributed by atoms with Crippen LogP contribution in [0.15, 0.2) is 24.3 Å². The number of benzene rings is 2. The fraction of sp³-hybridized carbons (Fsp3) is 0.368. The summed E-state index contributed by atoms with van der Waals surface area (Å²) in [4.78, 5) is 0. The van der Waals surface area contributed by atoms with Gasteiger partial charge in [0.15, 0.2) is 11.5 Å². The number of hydrogen-bond acceptors (Lipinski definition) is 3. The highest BCUT2D eigenvalue weighted by molar-refractivity contribution is 5.86. The molecule has 2 aromatic carbocycles.